The lowest BCUT2D eigenvalue weighted by atomic mass is 10.2. The number of aromatic nitrogens is 1. The topological polar surface area (TPSA) is 54.0 Å². The normalized spacial score (nSPS) is 18.1. The molecule has 1 aliphatic rings. The lowest BCUT2D eigenvalue weighted by Gasteiger charge is -2.09. The van der Waals surface area contributed by atoms with Gasteiger partial charge in [-0.1, -0.05) is 12.1 Å². The molecule has 0 saturated carbocycles. The number of hydrogen-bond donors (Lipinski definition) is 2. The van der Waals surface area contributed by atoms with Gasteiger partial charge in [0.25, 0.3) is 5.91 Å². The van der Waals surface area contributed by atoms with Crippen molar-refractivity contribution < 1.29 is 9.18 Å². The van der Waals surface area contributed by atoms with E-state index in [-0.39, 0.29) is 17.8 Å². The van der Waals surface area contributed by atoms with E-state index in [4.69, 9.17) is 0 Å². The van der Waals surface area contributed by atoms with E-state index in [1.165, 1.54) is 17.4 Å². The highest BCUT2D eigenvalue weighted by Gasteiger charge is 2.19. The van der Waals surface area contributed by atoms with Crippen molar-refractivity contribution in [1.82, 2.24) is 15.6 Å². The molecular formula is C14H14FN3OS. The van der Waals surface area contributed by atoms with Gasteiger partial charge in [-0.3, -0.25) is 4.79 Å². The summed E-state index contributed by atoms with van der Waals surface area (Å²) in [5.74, 6) is -0.522. The molecule has 1 amide bonds. The summed E-state index contributed by atoms with van der Waals surface area (Å²) in [5.41, 5.74) is 0.777. The van der Waals surface area contributed by atoms with Crippen LogP contribution < -0.4 is 10.6 Å². The second kappa shape index (κ2) is 5.68. The highest BCUT2D eigenvalue weighted by atomic mass is 32.1. The van der Waals surface area contributed by atoms with Gasteiger partial charge in [-0.05, 0) is 25.1 Å². The van der Waals surface area contributed by atoms with Crippen LogP contribution in [0.15, 0.2) is 29.6 Å². The van der Waals surface area contributed by atoms with E-state index in [9.17, 15) is 9.18 Å². The molecule has 2 N–H and O–H groups in total. The summed E-state index contributed by atoms with van der Waals surface area (Å²) in [6.07, 6.45) is 0.927. The molecule has 4 nitrogen and oxygen atoms in total. The van der Waals surface area contributed by atoms with Crippen LogP contribution in [0.1, 0.15) is 16.9 Å². The highest BCUT2D eigenvalue weighted by Crippen LogP contribution is 2.26. The average Bonchev–Trinajstić information content (AvgIpc) is 3.10. The number of rotatable bonds is 3. The number of benzene rings is 1. The lowest BCUT2D eigenvalue weighted by molar-refractivity contribution is 0.0936. The maximum atomic E-state index is 13.7. The van der Waals surface area contributed by atoms with Crippen LogP contribution in [-0.2, 0) is 0 Å². The summed E-state index contributed by atoms with van der Waals surface area (Å²) in [4.78, 5) is 16.3. The van der Waals surface area contributed by atoms with Crippen molar-refractivity contribution in [2.24, 2.45) is 0 Å². The molecule has 104 valence electrons. The van der Waals surface area contributed by atoms with Crippen LogP contribution in [0.25, 0.3) is 10.6 Å². The highest BCUT2D eigenvalue weighted by molar-refractivity contribution is 7.13. The minimum Gasteiger partial charge on any atom is -0.347 e. The van der Waals surface area contributed by atoms with Crippen molar-refractivity contribution >= 4 is 17.2 Å². The summed E-state index contributed by atoms with van der Waals surface area (Å²) in [7, 11) is 0. The number of carbonyl (C=O) groups excluding carboxylic acids is 1. The molecule has 6 heteroatoms. The smallest absolute Gasteiger partial charge is 0.271 e. The van der Waals surface area contributed by atoms with Crippen molar-refractivity contribution in [2.75, 3.05) is 13.1 Å². The third-order valence-electron chi connectivity index (χ3n) is 3.24. The van der Waals surface area contributed by atoms with Crippen LogP contribution in [-0.4, -0.2) is 30.0 Å². The summed E-state index contributed by atoms with van der Waals surface area (Å²) in [5, 5.41) is 8.30. The van der Waals surface area contributed by atoms with Gasteiger partial charge in [0.2, 0.25) is 0 Å². The van der Waals surface area contributed by atoms with Crippen LogP contribution in [0.5, 0.6) is 0 Å². The first-order chi connectivity index (χ1) is 9.74. The molecule has 1 saturated heterocycles. The number of nitrogens with zero attached hydrogens (tertiary/aromatic N) is 1. The average molecular weight is 291 g/mol. The molecule has 20 heavy (non-hydrogen) atoms. The molecule has 2 aromatic rings. The zero-order chi connectivity index (χ0) is 13.9. The van der Waals surface area contributed by atoms with Crippen LogP contribution in [0.4, 0.5) is 4.39 Å². The van der Waals surface area contributed by atoms with Crippen molar-refractivity contribution in [3.8, 4) is 10.6 Å². The largest absolute Gasteiger partial charge is 0.347 e. The monoisotopic (exact) mass is 291 g/mol. The summed E-state index contributed by atoms with van der Waals surface area (Å²) >= 11 is 1.28. The van der Waals surface area contributed by atoms with Gasteiger partial charge in [0.15, 0.2) is 0 Å². The fourth-order valence-corrected chi connectivity index (χ4v) is 3.00. The molecule has 1 atom stereocenters. The Bertz CT molecular complexity index is 622. The molecule has 0 aliphatic carbocycles. The van der Waals surface area contributed by atoms with Gasteiger partial charge in [0, 0.05) is 23.5 Å². The second-order valence-electron chi connectivity index (χ2n) is 4.68. The van der Waals surface area contributed by atoms with Crippen molar-refractivity contribution in [3.63, 3.8) is 0 Å². The van der Waals surface area contributed by atoms with Gasteiger partial charge >= 0.3 is 0 Å². The third kappa shape index (κ3) is 2.71. The lowest BCUT2D eigenvalue weighted by Crippen LogP contribution is -2.36. The Balaban J connectivity index is 1.76. The van der Waals surface area contributed by atoms with E-state index in [0.29, 0.717) is 16.3 Å². The zero-order valence-corrected chi connectivity index (χ0v) is 11.5. The number of thiazole rings is 1. The molecule has 3 rings (SSSR count). The first-order valence-corrected chi connectivity index (χ1v) is 7.34. The van der Waals surface area contributed by atoms with E-state index in [0.717, 1.165) is 19.5 Å². The fraction of sp³-hybridized carbons (Fsp3) is 0.286. The second-order valence-corrected chi connectivity index (χ2v) is 5.54. The molecule has 0 spiro atoms. The maximum Gasteiger partial charge on any atom is 0.271 e. The van der Waals surface area contributed by atoms with Gasteiger partial charge in [0.1, 0.15) is 16.5 Å². The molecular weight excluding hydrogens is 277 g/mol. The van der Waals surface area contributed by atoms with E-state index in [1.54, 1.807) is 23.6 Å². The Labute approximate surface area is 120 Å². The van der Waals surface area contributed by atoms with Crippen molar-refractivity contribution in [2.45, 2.75) is 12.5 Å². The van der Waals surface area contributed by atoms with Gasteiger partial charge < -0.3 is 10.6 Å². The van der Waals surface area contributed by atoms with Gasteiger partial charge in [-0.25, -0.2) is 9.37 Å². The first-order valence-electron chi connectivity index (χ1n) is 6.46. The number of nitrogens with one attached hydrogen (secondary N) is 2. The predicted octanol–water partition coefficient (Wildman–Crippen LogP) is 2.04. The first kappa shape index (κ1) is 13.2. The summed E-state index contributed by atoms with van der Waals surface area (Å²) in [6, 6.07) is 6.59. The predicted molar refractivity (Wildman–Crippen MR) is 76.2 cm³/mol. The van der Waals surface area contributed by atoms with Crippen LogP contribution in [0.2, 0.25) is 0 Å². The van der Waals surface area contributed by atoms with E-state index in [2.05, 4.69) is 15.6 Å². The van der Waals surface area contributed by atoms with Crippen LogP contribution >= 0.6 is 11.3 Å². The number of amides is 1. The fourth-order valence-electron chi connectivity index (χ4n) is 2.17. The Morgan fingerprint density at radius 3 is 3.05 bits per heavy atom. The molecule has 2 heterocycles. The van der Waals surface area contributed by atoms with Gasteiger partial charge in [-0.2, -0.15) is 0 Å². The Hall–Kier alpha value is -1.79. The number of halogens is 1. The van der Waals surface area contributed by atoms with Gasteiger partial charge in [0.05, 0.1) is 0 Å². The number of carbonyl (C=O) groups is 1. The Kier molecular flexibility index (Phi) is 3.75. The zero-order valence-electron chi connectivity index (χ0n) is 10.7. The van der Waals surface area contributed by atoms with E-state index < -0.39 is 0 Å². The minimum atomic E-state index is -0.325. The molecule has 1 aromatic carbocycles. The van der Waals surface area contributed by atoms with Crippen molar-refractivity contribution in [1.29, 1.82) is 0 Å². The number of hydrogen-bond acceptors (Lipinski definition) is 4. The Morgan fingerprint density at radius 1 is 1.45 bits per heavy atom. The summed E-state index contributed by atoms with van der Waals surface area (Å²) in [6.45, 7) is 1.71. The van der Waals surface area contributed by atoms with Crippen LogP contribution in [0, 0.1) is 5.82 Å². The molecule has 1 aliphatic heterocycles. The third-order valence-corrected chi connectivity index (χ3v) is 4.11. The Morgan fingerprint density at radius 2 is 2.30 bits per heavy atom. The van der Waals surface area contributed by atoms with E-state index in [1.807, 2.05) is 0 Å². The standard InChI is InChI=1S/C14H14FN3OS/c15-11-4-2-1-3-10(11)14-18-12(8-20-14)13(19)17-9-5-6-16-7-9/h1-4,8-9,16H,5-7H2,(H,17,19). The van der Waals surface area contributed by atoms with Crippen LogP contribution in [0.3, 0.4) is 0 Å². The minimum absolute atomic E-state index is 0.154. The summed E-state index contributed by atoms with van der Waals surface area (Å²) < 4.78 is 13.7. The van der Waals surface area contributed by atoms with Gasteiger partial charge in [-0.15, -0.1) is 11.3 Å². The molecule has 0 radical (unpaired) electrons. The molecule has 0 bridgehead atoms. The molecule has 1 fully saturated rings. The maximum absolute atomic E-state index is 13.7. The molecule has 1 unspecified atom stereocenters. The SMILES string of the molecule is O=C(NC1CCNC1)c1csc(-c2ccccc2F)n1. The molecule has 1 aromatic heterocycles. The quantitative estimate of drug-likeness (QED) is 0.910. The van der Waals surface area contributed by atoms with Crippen molar-refractivity contribution in [3.05, 3.63) is 41.2 Å². The van der Waals surface area contributed by atoms with E-state index >= 15 is 0 Å².